The van der Waals surface area contributed by atoms with Gasteiger partial charge in [0.1, 0.15) is 13.2 Å². The number of esters is 3. The molecule has 0 aliphatic heterocycles. The highest BCUT2D eigenvalue weighted by molar-refractivity contribution is 5.71. The molecule has 68 heavy (non-hydrogen) atoms. The van der Waals surface area contributed by atoms with Crippen LogP contribution in [0.15, 0.2) is 97.2 Å². The fourth-order valence-electron chi connectivity index (χ4n) is 7.63. The van der Waals surface area contributed by atoms with Crippen LogP contribution in [-0.2, 0) is 28.6 Å². The molecule has 6 heteroatoms. The minimum atomic E-state index is -0.814. The number of hydrogen-bond acceptors (Lipinski definition) is 6. The summed E-state index contributed by atoms with van der Waals surface area (Å²) in [5, 5.41) is 0. The maximum absolute atomic E-state index is 12.8. The van der Waals surface area contributed by atoms with Crippen LogP contribution in [0.2, 0.25) is 0 Å². The second-order valence-electron chi connectivity index (χ2n) is 18.5. The molecule has 0 saturated carbocycles. The van der Waals surface area contributed by atoms with Crippen LogP contribution >= 0.6 is 0 Å². The zero-order chi connectivity index (χ0) is 49.3. The van der Waals surface area contributed by atoms with Gasteiger partial charge in [-0.2, -0.15) is 0 Å². The summed E-state index contributed by atoms with van der Waals surface area (Å²) in [5.74, 6) is -1.00. The molecule has 388 valence electrons. The molecule has 1 atom stereocenters. The Kier molecular flexibility index (Phi) is 52.9. The van der Waals surface area contributed by atoms with Gasteiger partial charge in [0.15, 0.2) is 6.10 Å². The number of allylic oxidation sites excluding steroid dienone is 16. The summed E-state index contributed by atoms with van der Waals surface area (Å²) in [6, 6.07) is 0. The normalized spacial score (nSPS) is 12.8. The summed E-state index contributed by atoms with van der Waals surface area (Å²) in [4.78, 5) is 38.1. The predicted octanol–water partition coefficient (Wildman–Crippen LogP) is 18.9. The van der Waals surface area contributed by atoms with Gasteiger partial charge in [-0.3, -0.25) is 14.4 Å². The van der Waals surface area contributed by atoms with Crippen molar-refractivity contribution < 1.29 is 28.6 Å². The molecule has 0 aromatic carbocycles. The van der Waals surface area contributed by atoms with Crippen molar-refractivity contribution in [2.45, 2.75) is 264 Å². The van der Waals surface area contributed by atoms with Crippen molar-refractivity contribution in [2.75, 3.05) is 13.2 Å². The second-order valence-corrected chi connectivity index (χ2v) is 18.5. The maximum Gasteiger partial charge on any atom is 0.306 e. The summed E-state index contributed by atoms with van der Waals surface area (Å²) < 4.78 is 16.8. The van der Waals surface area contributed by atoms with E-state index >= 15 is 0 Å². The number of rotatable bonds is 50. The molecule has 0 bridgehead atoms. The Morgan fingerprint density at radius 2 is 0.662 bits per heavy atom. The van der Waals surface area contributed by atoms with Gasteiger partial charge in [-0.1, -0.05) is 240 Å². The van der Waals surface area contributed by atoms with E-state index in [0.717, 1.165) is 96.3 Å². The van der Waals surface area contributed by atoms with E-state index in [1.165, 1.54) is 116 Å². The van der Waals surface area contributed by atoms with E-state index in [4.69, 9.17) is 14.2 Å². The summed E-state index contributed by atoms with van der Waals surface area (Å²) in [5.41, 5.74) is 0. The number of hydrogen-bond donors (Lipinski definition) is 0. The van der Waals surface area contributed by atoms with Crippen molar-refractivity contribution in [2.24, 2.45) is 0 Å². The van der Waals surface area contributed by atoms with Gasteiger partial charge in [-0.05, 0) is 96.3 Å². The number of carbonyl (C=O) groups excluding carboxylic acids is 3. The highest BCUT2D eigenvalue weighted by atomic mass is 16.6. The third-order valence-corrected chi connectivity index (χ3v) is 11.9. The van der Waals surface area contributed by atoms with E-state index in [9.17, 15) is 14.4 Å². The molecule has 6 nitrogen and oxygen atoms in total. The molecule has 0 aliphatic carbocycles. The molecule has 0 heterocycles. The van der Waals surface area contributed by atoms with Crippen molar-refractivity contribution in [3.8, 4) is 0 Å². The van der Waals surface area contributed by atoms with E-state index in [2.05, 4.69) is 112 Å². The fourth-order valence-corrected chi connectivity index (χ4v) is 7.63. The van der Waals surface area contributed by atoms with Gasteiger partial charge in [-0.15, -0.1) is 0 Å². The smallest absolute Gasteiger partial charge is 0.306 e. The summed E-state index contributed by atoms with van der Waals surface area (Å²) in [7, 11) is 0. The molecule has 0 aliphatic rings. The first kappa shape index (κ1) is 64.3. The van der Waals surface area contributed by atoms with Crippen molar-refractivity contribution in [1.29, 1.82) is 0 Å². The first-order chi connectivity index (χ1) is 33.5. The van der Waals surface area contributed by atoms with Crippen LogP contribution in [0.4, 0.5) is 0 Å². The number of ether oxygens (including phenoxy) is 3. The van der Waals surface area contributed by atoms with Gasteiger partial charge in [0.2, 0.25) is 0 Å². The monoisotopic (exact) mass is 945 g/mol. The van der Waals surface area contributed by atoms with Gasteiger partial charge in [-0.25, -0.2) is 0 Å². The van der Waals surface area contributed by atoms with Crippen LogP contribution < -0.4 is 0 Å². The lowest BCUT2D eigenvalue weighted by Gasteiger charge is -2.18. The Bertz CT molecular complexity index is 1360. The molecule has 0 rings (SSSR count). The Balaban J connectivity index is 4.47. The molecule has 0 fully saturated rings. The first-order valence-electron chi connectivity index (χ1n) is 28.3. The molecule has 0 aromatic heterocycles. The van der Waals surface area contributed by atoms with Gasteiger partial charge in [0.25, 0.3) is 0 Å². The molecule has 0 N–H and O–H groups in total. The molecular weight excluding hydrogens is 841 g/mol. The van der Waals surface area contributed by atoms with Gasteiger partial charge >= 0.3 is 17.9 Å². The average Bonchev–Trinajstić information content (AvgIpc) is 3.34. The van der Waals surface area contributed by atoms with Crippen LogP contribution in [0.25, 0.3) is 0 Å². The van der Waals surface area contributed by atoms with E-state index in [1.807, 2.05) is 6.08 Å². The van der Waals surface area contributed by atoms with Crippen molar-refractivity contribution in [1.82, 2.24) is 0 Å². The lowest BCUT2D eigenvalue weighted by molar-refractivity contribution is -0.166. The van der Waals surface area contributed by atoms with Gasteiger partial charge in [0, 0.05) is 19.3 Å². The SMILES string of the molecule is CC/C=C/C/C=C/C/C=C/CCCCCCCCCCCC(=O)OCC(COC(=O)CC/C=C/C/C=C/CCCCCCCC)OC(=O)CCCCCCC/C=C/C=C/C=C/CCCCCCC. The highest BCUT2D eigenvalue weighted by Crippen LogP contribution is 2.14. The largest absolute Gasteiger partial charge is 0.462 e. The van der Waals surface area contributed by atoms with Crippen LogP contribution in [0.1, 0.15) is 258 Å². The van der Waals surface area contributed by atoms with E-state index in [-0.39, 0.29) is 37.5 Å². The van der Waals surface area contributed by atoms with Crippen molar-refractivity contribution >= 4 is 17.9 Å². The number of unbranched alkanes of at least 4 members (excludes halogenated alkanes) is 25. The molecule has 0 radical (unpaired) electrons. The van der Waals surface area contributed by atoms with E-state index < -0.39 is 6.10 Å². The standard InChI is InChI=1S/C62H104O6/c1-4-7-10-13-16-19-22-25-27-29-31-33-34-37-40-43-46-49-52-55-61(64)67-58-59(57-66-60(63)54-51-48-45-42-39-36-24-21-18-15-12-9-6-3)68-62(65)56-53-50-47-44-41-38-35-32-30-28-26-23-20-17-14-11-8-5-2/h7,10,16,19,23,25-28,30,32,35-36,39,45,48,59H,4-6,8-9,11-15,17-18,20-22,24,29,31,33-34,37-38,40-44,46-47,49-58H2,1-3H3/b10-7+,19-16+,26-23+,27-25+,30-28+,35-32+,39-36+,48-45+. The second kappa shape index (κ2) is 55.9. The summed E-state index contributed by atoms with van der Waals surface area (Å²) >= 11 is 0. The van der Waals surface area contributed by atoms with Crippen molar-refractivity contribution in [3.63, 3.8) is 0 Å². The Hall–Kier alpha value is -3.67. The summed E-state index contributed by atoms with van der Waals surface area (Å²) in [6.07, 6.45) is 74.0. The van der Waals surface area contributed by atoms with Crippen molar-refractivity contribution in [3.05, 3.63) is 97.2 Å². The molecule has 0 aromatic rings. The lowest BCUT2D eigenvalue weighted by Crippen LogP contribution is -2.30. The van der Waals surface area contributed by atoms with Gasteiger partial charge < -0.3 is 14.2 Å². The Morgan fingerprint density at radius 1 is 0.324 bits per heavy atom. The van der Waals surface area contributed by atoms with Gasteiger partial charge in [0.05, 0.1) is 0 Å². The third-order valence-electron chi connectivity index (χ3n) is 11.9. The third kappa shape index (κ3) is 53.3. The summed E-state index contributed by atoms with van der Waals surface area (Å²) in [6.45, 7) is 6.44. The maximum atomic E-state index is 12.8. The quantitative estimate of drug-likeness (QED) is 0.0199. The Morgan fingerprint density at radius 3 is 1.10 bits per heavy atom. The van der Waals surface area contributed by atoms with Crippen LogP contribution in [0.3, 0.4) is 0 Å². The van der Waals surface area contributed by atoms with E-state index in [1.54, 1.807) is 0 Å². The van der Waals surface area contributed by atoms with Crippen LogP contribution in [0.5, 0.6) is 0 Å². The van der Waals surface area contributed by atoms with Crippen LogP contribution in [0, 0.1) is 0 Å². The molecule has 0 saturated heterocycles. The Labute approximate surface area is 419 Å². The zero-order valence-electron chi connectivity index (χ0n) is 44.3. The van der Waals surface area contributed by atoms with E-state index in [0.29, 0.717) is 19.3 Å². The minimum absolute atomic E-state index is 0.106. The molecular formula is C62H104O6. The lowest BCUT2D eigenvalue weighted by atomic mass is 10.1. The molecule has 0 spiro atoms. The topological polar surface area (TPSA) is 78.9 Å². The highest BCUT2D eigenvalue weighted by Gasteiger charge is 2.19. The molecule has 1 unspecified atom stereocenters. The van der Waals surface area contributed by atoms with Crippen LogP contribution in [-0.4, -0.2) is 37.2 Å². The number of carbonyl (C=O) groups is 3. The molecule has 0 amide bonds. The predicted molar refractivity (Wildman–Crippen MR) is 293 cm³/mol. The fraction of sp³-hybridized carbons (Fsp3) is 0.694. The zero-order valence-corrected chi connectivity index (χ0v) is 44.3. The minimum Gasteiger partial charge on any atom is -0.462 e. The average molecular weight is 946 g/mol. The first-order valence-corrected chi connectivity index (χ1v) is 28.3.